The Balaban J connectivity index is 1.59. The van der Waals surface area contributed by atoms with Crippen LogP contribution in [0.3, 0.4) is 0 Å². The fraction of sp³-hybridized carbons (Fsp3) is 0.529. The van der Waals surface area contributed by atoms with Crippen LogP contribution in [0.2, 0.25) is 0 Å². The van der Waals surface area contributed by atoms with Crippen molar-refractivity contribution >= 4 is 11.8 Å². The van der Waals surface area contributed by atoms with E-state index in [1.54, 1.807) is 0 Å². The minimum atomic E-state index is 0.0869. The summed E-state index contributed by atoms with van der Waals surface area (Å²) in [6, 6.07) is 7.69. The number of hydrogen-bond acceptors (Lipinski definition) is 2. The topological polar surface area (TPSA) is 40.6 Å². The molecule has 3 rings (SSSR count). The number of nitrogens with zero attached hydrogens (tertiary/aromatic N) is 2. The van der Waals surface area contributed by atoms with E-state index in [0.717, 1.165) is 24.0 Å². The van der Waals surface area contributed by atoms with Crippen molar-refractivity contribution in [3.05, 3.63) is 35.4 Å². The van der Waals surface area contributed by atoms with Crippen LogP contribution in [0.25, 0.3) is 0 Å². The zero-order chi connectivity index (χ0) is 14.8. The summed E-state index contributed by atoms with van der Waals surface area (Å²) in [5, 5.41) is 0. The standard InChI is InChI=1S/C17H22N2O2/c1-13-5-2-3-8-15(13)17(21)19-11-9-18(10-12-19)16(20)14-6-4-7-14/h2-3,5,8,14H,4,6-7,9-12H2,1H3. The normalized spacial score (nSPS) is 19.3. The van der Waals surface area contributed by atoms with Gasteiger partial charge in [0.2, 0.25) is 5.91 Å². The molecule has 0 atom stereocenters. The molecule has 0 radical (unpaired) electrons. The third kappa shape index (κ3) is 2.80. The highest BCUT2D eigenvalue weighted by Gasteiger charge is 2.32. The number of amides is 2. The molecule has 1 heterocycles. The van der Waals surface area contributed by atoms with Gasteiger partial charge in [0.15, 0.2) is 0 Å². The van der Waals surface area contributed by atoms with Crippen LogP contribution in [0.4, 0.5) is 0 Å². The van der Waals surface area contributed by atoms with Gasteiger partial charge >= 0.3 is 0 Å². The Morgan fingerprint density at radius 2 is 1.62 bits per heavy atom. The second-order valence-corrected chi connectivity index (χ2v) is 6.06. The highest BCUT2D eigenvalue weighted by molar-refractivity contribution is 5.95. The Labute approximate surface area is 125 Å². The first-order chi connectivity index (χ1) is 10.2. The maximum atomic E-state index is 12.5. The molecule has 21 heavy (non-hydrogen) atoms. The van der Waals surface area contributed by atoms with Gasteiger partial charge in [0.25, 0.3) is 5.91 Å². The summed E-state index contributed by atoms with van der Waals surface area (Å²) >= 11 is 0. The van der Waals surface area contributed by atoms with Crippen molar-refractivity contribution in [3.63, 3.8) is 0 Å². The molecule has 1 saturated carbocycles. The van der Waals surface area contributed by atoms with Crippen LogP contribution in [-0.4, -0.2) is 47.8 Å². The number of hydrogen-bond donors (Lipinski definition) is 0. The monoisotopic (exact) mass is 286 g/mol. The molecular weight excluding hydrogens is 264 g/mol. The Hall–Kier alpha value is -1.84. The van der Waals surface area contributed by atoms with Gasteiger partial charge in [-0.05, 0) is 31.4 Å². The fourth-order valence-corrected chi connectivity index (χ4v) is 3.03. The molecule has 4 nitrogen and oxygen atoms in total. The van der Waals surface area contributed by atoms with Crippen LogP contribution in [0, 0.1) is 12.8 Å². The van der Waals surface area contributed by atoms with Crippen molar-refractivity contribution in [1.82, 2.24) is 9.80 Å². The molecule has 1 aliphatic heterocycles. The number of aryl methyl sites for hydroxylation is 1. The number of carbonyl (C=O) groups excluding carboxylic acids is 2. The van der Waals surface area contributed by atoms with Gasteiger partial charge in [-0.25, -0.2) is 0 Å². The number of carbonyl (C=O) groups is 2. The van der Waals surface area contributed by atoms with Gasteiger partial charge in [0, 0.05) is 37.7 Å². The van der Waals surface area contributed by atoms with E-state index in [2.05, 4.69) is 0 Å². The van der Waals surface area contributed by atoms with E-state index in [-0.39, 0.29) is 11.8 Å². The van der Waals surface area contributed by atoms with Crippen molar-refractivity contribution in [1.29, 1.82) is 0 Å². The smallest absolute Gasteiger partial charge is 0.254 e. The second-order valence-electron chi connectivity index (χ2n) is 6.06. The SMILES string of the molecule is Cc1ccccc1C(=O)N1CCN(C(=O)C2CCC2)CC1. The lowest BCUT2D eigenvalue weighted by atomic mass is 9.84. The average molecular weight is 286 g/mol. The zero-order valence-corrected chi connectivity index (χ0v) is 12.5. The summed E-state index contributed by atoms with van der Waals surface area (Å²) in [4.78, 5) is 28.5. The number of benzene rings is 1. The summed E-state index contributed by atoms with van der Waals surface area (Å²) in [5.41, 5.74) is 1.78. The maximum absolute atomic E-state index is 12.5. The van der Waals surface area contributed by atoms with E-state index in [1.165, 1.54) is 6.42 Å². The Morgan fingerprint density at radius 3 is 2.19 bits per heavy atom. The van der Waals surface area contributed by atoms with Crippen LogP contribution in [0.15, 0.2) is 24.3 Å². The molecule has 0 N–H and O–H groups in total. The molecule has 1 aliphatic carbocycles. The third-order valence-corrected chi connectivity index (χ3v) is 4.71. The molecule has 112 valence electrons. The largest absolute Gasteiger partial charge is 0.339 e. The maximum Gasteiger partial charge on any atom is 0.254 e. The molecular formula is C17H22N2O2. The Bertz CT molecular complexity index is 543. The molecule has 0 bridgehead atoms. The molecule has 1 aromatic carbocycles. The molecule has 0 unspecified atom stereocenters. The van der Waals surface area contributed by atoms with Crippen molar-refractivity contribution < 1.29 is 9.59 Å². The molecule has 1 aromatic rings. The van der Waals surface area contributed by atoms with Gasteiger partial charge in [-0.1, -0.05) is 24.6 Å². The van der Waals surface area contributed by atoms with Crippen LogP contribution in [-0.2, 0) is 4.79 Å². The summed E-state index contributed by atoms with van der Waals surface area (Å²) in [7, 11) is 0. The van der Waals surface area contributed by atoms with E-state index in [4.69, 9.17) is 0 Å². The molecule has 0 spiro atoms. The molecule has 1 saturated heterocycles. The van der Waals surface area contributed by atoms with E-state index in [9.17, 15) is 9.59 Å². The van der Waals surface area contributed by atoms with Crippen LogP contribution in [0.1, 0.15) is 35.2 Å². The average Bonchev–Trinajstić information content (AvgIpc) is 2.45. The van der Waals surface area contributed by atoms with Crippen LogP contribution >= 0.6 is 0 Å². The van der Waals surface area contributed by atoms with Gasteiger partial charge in [0.05, 0.1) is 0 Å². The first-order valence-corrected chi connectivity index (χ1v) is 7.80. The van der Waals surface area contributed by atoms with Crippen LogP contribution in [0.5, 0.6) is 0 Å². The molecule has 2 aliphatic rings. The van der Waals surface area contributed by atoms with Crippen molar-refractivity contribution in [3.8, 4) is 0 Å². The lowest BCUT2D eigenvalue weighted by Gasteiger charge is -2.38. The van der Waals surface area contributed by atoms with E-state index in [1.807, 2.05) is 41.0 Å². The van der Waals surface area contributed by atoms with E-state index in [0.29, 0.717) is 32.1 Å². The second kappa shape index (κ2) is 5.88. The molecule has 0 aromatic heterocycles. The van der Waals surface area contributed by atoms with Gasteiger partial charge in [-0.3, -0.25) is 9.59 Å². The van der Waals surface area contributed by atoms with Crippen molar-refractivity contribution in [2.24, 2.45) is 5.92 Å². The Morgan fingerprint density at radius 1 is 1.00 bits per heavy atom. The third-order valence-electron chi connectivity index (χ3n) is 4.71. The van der Waals surface area contributed by atoms with Gasteiger partial charge in [-0.15, -0.1) is 0 Å². The molecule has 2 amide bonds. The predicted molar refractivity (Wildman–Crippen MR) is 81.0 cm³/mol. The highest BCUT2D eigenvalue weighted by atomic mass is 16.2. The van der Waals surface area contributed by atoms with Gasteiger partial charge in [-0.2, -0.15) is 0 Å². The van der Waals surface area contributed by atoms with E-state index >= 15 is 0 Å². The first kappa shape index (κ1) is 14.1. The molecule has 4 heteroatoms. The van der Waals surface area contributed by atoms with Crippen molar-refractivity contribution in [2.45, 2.75) is 26.2 Å². The zero-order valence-electron chi connectivity index (χ0n) is 12.5. The predicted octanol–water partition coefficient (Wildman–Crippen LogP) is 2.08. The van der Waals surface area contributed by atoms with Crippen LogP contribution < -0.4 is 0 Å². The number of piperazine rings is 1. The van der Waals surface area contributed by atoms with E-state index < -0.39 is 0 Å². The summed E-state index contributed by atoms with van der Waals surface area (Å²) < 4.78 is 0. The minimum Gasteiger partial charge on any atom is -0.339 e. The Kier molecular flexibility index (Phi) is 3.95. The summed E-state index contributed by atoms with van der Waals surface area (Å²) in [6.07, 6.45) is 3.27. The summed E-state index contributed by atoms with van der Waals surface area (Å²) in [6.45, 7) is 4.60. The summed E-state index contributed by atoms with van der Waals surface area (Å²) in [5.74, 6) is 0.636. The highest BCUT2D eigenvalue weighted by Crippen LogP contribution is 2.28. The van der Waals surface area contributed by atoms with Gasteiger partial charge in [0.1, 0.15) is 0 Å². The molecule has 2 fully saturated rings. The van der Waals surface area contributed by atoms with Gasteiger partial charge < -0.3 is 9.80 Å². The fourth-order valence-electron chi connectivity index (χ4n) is 3.03. The lowest BCUT2D eigenvalue weighted by Crippen LogP contribution is -2.52. The first-order valence-electron chi connectivity index (χ1n) is 7.80. The lowest BCUT2D eigenvalue weighted by molar-refractivity contribution is -0.139. The number of rotatable bonds is 2. The van der Waals surface area contributed by atoms with Crippen molar-refractivity contribution in [2.75, 3.05) is 26.2 Å². The quantitative estimate of drug-likeness (QED) is 0.835. The minimum absolute atomic E-state index is 0.0869.